The maximum Gasteiger partial charge on any atom is 0.328 e. The Hall–Kier alpha value is -5.10. The SMILES string of the molecule is Cc1nc(NC/C=C/c2cccc(OCc3ccccc3)n2)nc(C)c1C(=O)N[C@@H](CNC(=O)c1cccs1)C(=O)O. The highest BCUT2D eigenvalue weighted by Crippen LogP contribution is 2.14. The molecule has 3 heterocycles. The van der Waals surface area contributed by atoms with E-state index in [9.17, 15) is 19.5 Å². The Kier molecular flexibility index (Phi) is 10.3. The first-order valence-corrected chi connectivity index (χ1v) is 13.9. The molecule has 42 heavy (non-hydrogen) atoms. The van der Waals surface area contributed by atoms with Gasteiger partial charge in [-0.15, -0.1) is 11.3 Å². The standard InChI is InChI=1S/C30H30N6O5S/c1-19-26(28(38)36-23(29(39)40)17-32-27(37)24-13-8-16-42-24)20(2)34-30(33-19)31-15-7-12-22-11-6-14-25(35-22)41-18-21-9-4-3-5-10-21/h3-14,16,23H,15,17-18H2,1-2H3,(H,32,37)(H,36,38)(H,39,40)(H,31,33,34)/b12-7+/t23-/m0/s1. The van der Waals surface area contributed by atoms with Gasteiger partial charge in [0, 0.05) is 19.2 Å². The van der Waals surface area contributed by atoms with E-state index < -0.39 is 23.8 Å². The fourth-order valence-electron chi connectivity index (χ4n) is 3.91. The Bertz CT molecular complexity index is 1540. The van der Waals surface area contributed by atoms with Gasteiger partial charge in [0.25, 0.3) is 11.8 Å². The third-order valence-corrected chi connectivity index (χ3v) is 6.82. The van der Waals surface area contributed by atoms with Gasteiger partial charge >= 0.3 is 5.97 Å². The number of aliphatic carboxylic acids is 1. The number of carboxylic acids is 1. The number of nitrogens with one attached hydrogen (secondary N) is 3. The molecule has 0 unspecified atom stereocenters. The van der Waals surface area contributed by atoms with Gasteiger partial charge in [-0.05, 0) is 43.0 Å². The molecule has 0 bridgehead atoms. The lowest BCUT2D eigenvalue weighted by atomic mass is 10.1. The Morgan fingerprint density at radius 3 is 2.40 bits per heavy atom. The summed E-state index contributed by atoms with van der Waals surface area (Å²) >= 11 is 1.23. The van der Waals surface area contributed by atoms with Crippen LogP contribution in [0.2, 0.25) is 0 Å². The molecule has 1 aromatic carbocycles. The number of aromatic nitrogens is 3. The average Bonchev–Trinajstić information content (AvgIpc) is 3.52. The maximum atomic E-state index is 12.9. The molecule has 0 radical (unpaired) electrons. The van der Waals surface area contributed by atoms with Crippen LogP contribution in [0.3, 0.4) is 0 Å². The Balaban J connectivity index is 1.31. The Morgan fingerprint density at radius 2 is 1.71 bits per heavy atom. The van der Waals surface area contributed by atoms with E-state index in [1.165, 1.54) is 11.3 Å². The molecule has 4 aromatic rings. The van der Waals surface area contributed by atoms with Crippen molar-refractivity contribution in [2.24, 2.45) is 0 Å². The molecular weight excluding hydrogens is 556 g/mol. The summed E-state index contributed by atoms with van der Waals surface area (Å²) in [6, 6.07) is 17.4. The molecule has 0 aliphatic rings. The molecule has 1 atom stereocenters. The Labute approximate surface area is 246 Å². The fourth-order valence-corrected chi connectivity index (χ4v) is 4.55. The van der Waals surface area contributed by atoms with Crippen LogP contribution in [0.5, 0.6) is 5.88 Å². The lowest BCUT2D eigenvalue weighted by molar-refractivity contribution is -0.139. The fraction of sp³-hybridized carbons (Fsp3) is 0.200. The number of hydrogen-bond acceptors (Lipinski definition) is 9. The number of rotatable bonds is 13. The van der Waals surface area contributed by atoms with E-state index in [1.54, 1.807) is 37.4 Å². The third-order valence-electron chi connectivity index (χ3n) is 5.95. The summed E-state index contributed by atoms with van der Waals surface area (Å²) in [6.07, 6.45) is 3.70. The smallest absolute Gasteiger partial charge is 0.328 e. The molecule has 3 aromatic heterocycles. The molecule has 4 N–H and O–H groups in total. The zero-order chi connectivity index (χ0) is 29.9. The summed E-state index contributed by atoms with van der Waals surface area (Å²) in [6.45, 7) is 3.83. The zero-order valence-corrected chi connectivity index (χ0v) is 23.9. The van der Waals surface area contributed by atoms with E-state index in [0.717, 1.165) is 11.3 Å². The first-order chi connectivity index (χ1) is 20.3. The number of thiophene rings is 1. The summed E-state index contributed by atoms with van der Waals surface area (Å²) in [5, 5.41) is 19.4. The molecule has 216 valence electrons. The van der Waals surface area contributed by atoms with Crippen molar-refractivity contribution < 1.29 is 24.2 Å². The van der Waals surface area contributed by atoms with Crippen molar-refractivity contribution in [3.63, 3.8) is 0 Å². The average molecular weight is 587 g/mol. The van der Waals surface area contributed by atoms with Gasteiger partial charge in [-0.2, -0.15) is 0 Å². The van der Waals surface area contributed by atoms with Crippen molar-refractivity contribution >= 4 is 41.1 Å². The molecule has 0 aliphatic carbocycles. The zero-order valence-electron chi connectivity index (χ0n) is 23.0. The van der Waals surface area contributed by atoms with Gasteiger partial charge in [-0.3, -0.25) is 9.59 Å². The van der Waals surface area contributed by atoms with E-state index in [1.807, 2.05) is 54.6 Å². The van der Waals surface area contributed by atoms with Gasteiger partial charge in [-0.25, -0.2) is 19.7 Å². The summed E-state index contributed by atoms with van der Waals surface area (Å²) < 4.78 is 5.78. The largest absolute Gasteiger partial charge is 0.480 e. The van der Waals surface area contributed by atoms with Crippen LogP contribution in [0.15, 0.2) is 72.1 Å². The van der Waals surface area contributed by atoms with Gasteiger partial charge in [-0.1, -0.05) is 48.5 Å². The van der Waals surface area contributed by atoms with Crippen LogP contribution in [-0.2, 0) is 11.4 Å². The van der Waals surface area contributed by atoms with E-state index in [2.05, 4.69) is 30.9 Å². The van der Waals surface area contributed by atoms with Gasteiger partial charge < -0.3 is 25.8 Å². The second kappa shape index (κ2) is 14.5. The Morgan fingerprint density at radius 1 is 0.952 bits per heavy atom. The van der Waals surface area contributed by atoms with Gasteiger partial charge in [0.05, 0.1) is 27.5 Å². The van der Waals surface area contributed by atoms with E-state index in [-0.39, 0.29) is 12.1 Å². The number of amides is 2. The molecular formula is C30H30N6O5S. The number of aryl methyl sites for hydroxylation is 2. The van der Waals surface area contributed by atoms with E-state index in [4.69, 9.17) is 4.74 Å². The quantitative estimate of drug-likeness (QED) is 0.183. The van der Waals surface area contributed by atoms with Crippen LogP contribution < -0.4 is 20.7 Å². The summed E-state index contributed by atoms with van der Waals surface area (Å²) in [5.74, 6) is -1.50. The summed E-state index contributed by atoms with van der Waals surface area (Å²) in [5.41, 5.74) is 2.70. The molecule has 2 amide bonds. The highest BCUT2D eigenvalue weighted by molar-refractivity contribution is 7.12. The van der Waals surface area contributed by atoms with Crippen molar-refractivity contribution in [3.8, 4) is 5.88 Å². The number of nitrogens with zero attached hydrogens (tertiary/aromatic N) is 3. The van der Waals surface area contributed by atoms with Crippen LogP contribution in [0.25, 0.3) is 6.08 Å². The molecule has 11 nitrogen and oxygen atoms in total. The van der Waals surface area contributed by atoms with Crippen LogP contribution in [0.1, 0.15) is 42.7 Å². The topological polar surface area (TPSA) is 155 Å². The minimum absolute atomic E-state index is 0.170. The summed E-state index contributed by atoms with van der Waals surface area (Å²) in [4.78, 5) is 50.5. The number of ether oxygens (including phenoxy) is 1. The monoisotopic (exact) mass is 586 g/mol. The lowest BCUT2D eigenvalue weighted by Gasteiger charge is -2.17. The lowest BCUT2D eigenvalue weighted by Crippen LogP contribution is -2.48. The minimum Gasteiger partial charge on any atom is -0.480 e. The number of carboxylic acid groups (broad SMARTS) is 1. The number of hydrogen-bond donors (Lipinski definition) is 4. The predicted molar refractivity (Wildman–Crippen MR) is 160 cm³/mol. The van der Waals surface area contributed by atoms with Crippen LogP contribution in [0.4, 0.5) is 5.95 Å². The van der Waals surface area contributed by atoms with Crippen molar-refractivity contribution in [3.05, 3.63) is 105 Å². The van der Waals surface area contributed by atoms with Crippen molar-refractivity contribution in [1.82, 2.24) is 25.6 Å². The first-order valence-electron chi connectivity index (χ1n) is 13.0. The molecule has 0 spiro atoms. The number of benzene rings is 1. The highest BCUT2D eigenvalue weighted by atomic mass is 32.1. The molecule has 4 rings (SSSR count). The normalized spacial score (nSPS) is 11.6. The number of pyridine rings is 1. The van der Waals surface area contributed by atoms with E-state index in [0.29, 0.717) is 41.2 Å². The molecule has 12 heteroatoms. The number of carbonyl (C=O) groups excluding carboxylic acids is 2. The predicted octanol–water partition coefficient (Wildman–Crippen LogP) is 3.87. The van der Waals surface area contributed by atoms with Crippen molar-refractivity contribution in [2.75, 3.05) is 18.4 Å². The molecule has 0 saturated heterocycles. The van der Waals surface area contributed by atoms with Crippen LogP contribution >= 0.6 is 11.3 Å². The van der Waals surface area contributed by atoms with Crippen LogP contribution in [-0.4, -0.2) is 57.0 Å². The van der Waals surface area contributed by atoms with E-state index >= 15 is 0 Å². The third kappa shape index (κ3) is 8.45. The van der Waals surface area contributed by atoms with Crippen LogP contribution in [0, 0.1) is 13.8 Å². The second-order valence-corrected chi connectivity index (χ2v) is 10.1. The van der Waals surface area contributed by atoms with Gasteiger partial charge in [0.15, 0.2) is 0 Å². The number of carbonyl (C=O) groups is 3. The summed E-state index contributed by atoms with van der Waals surface area (Å²) in [7, 11) is 0. The maximum absolute atomic E-state index is 12.9. The van der Waals surface area contributed by atoms with Crippen molar-refractivity contribution in [2.45, 2.75) is 26.5 Å². The number of anilines is 1. The second-order valence-electron chi connectivity index (χ2n) is 9.10. The highest BCUT2D eigenvalue weighted by Gasteiger charge is 2.24. The minimum atomic E-state index is -1.33. The van der Waals surface area contributed by atoms with Gasteiger partial charge in [0.2, 0.25) is 11.8 Å². The van der Waals surface area contributed by atoms with Gasteiger partial charge in [0.1, 0.15) is 12.6 Å². The molecule has 0 aliphatic heterocycles. The van der Waals surface area contributed by atoms with Crippen molar-refractivity contribution in [1.29, 1.82) is 0 Å². The molecule has 0 fully saturated rings. The molecule has 0 saturated carbocycles. The first kappa shape index (κ1) is 29.9.